The van der Waals surface area contributed by atoms with Crippen LogP contribution in [0.25, 0.3) is 11.0 Å². The van der Waals surface area contributed by atoms with Crippen molar-refractivity contribution < 1.29 is 9.53 Å². The number of hydrogen-bond donors (Lipinski definition) is 1. The molecule has 0 aliphatic carbocycles. The molecule has 27 heavy (non-hydrogen) atoms. The molecular formula is C21H36N4O2. The second-order valence-electron chi connectivity index (χ2n) is 7.86. The topological polar surface area (TPSA) is 71.1 Å². The van der Waals surface area contributed by atoms with Gasteiger partial charge in [0, 0.05) is 25.2 Å². The predicted molar refractivity (Wildman–Crippen MR) is 111 cm³/mol. The summed E-state index contributed by atoms with van der Waals surface area (Å²) in [5.41, 5.74) is 2.96. The number of fused-ring (bicyclic) bond motifs is 1. The second-order valence-corrected chi connectivity index (χ2v) is 7.86. The summed E-state index contributed by atoms with van der Waals surface area (Å²) in [7, 11) is 1.78. The fraction of sp³-hybridized carbons (Fsp3) is 0.667. The standard InChI is InChI=1S/C11H23NO2.C10H13N3/c1-6-7-8-9-12(5)10(13)14-11(2,3)4;1-3-4-8-5-11-10-9(8)7(2)12-6-13-10/h6-9H2,1-5H3;5-6H,3-4H2,1-2H3,(H,11,12,13). The first kappa shape index (κ1) is 22.9. The number of carbonyl (C=O) groups excluding carboxylic acids is 1. The quantitative estimate of drug-likeness (QED) is 0.698. The third kappa shape index (κ3) is 7.97. The van der Waals surface area contributed by atoms with Gasteiger partial charge in [-0.1, -0.05) is 33.1 Å². The number of nitrogens with zero attached hydrogens (tertiary/aromatic N) is 3. The molecule has 0 aliphatic rings. The van der Waals surface area contributed by atoms with E-state index in [0.29, 0.717) is 0 Å². The molecule has 1 N–H and O–H groups in total. The maximum Gasteiger partial charge on any atom is 0.410 e. The van der Waals surface area contributed by atoms with Gasteiger partial charge in [-0.05, 0) is 46.1 Å². The van der Waals surface area contributed by atoms with Crippen LogP contribution < -0.4 is 0 Å². The highest BCUT2D eigenvalue weighted by atomic mass is 16.6. The van der Waals surface area contributed by atoms with Crippen LogP contribution in [0.4, 0.5) is 4.79 Å². The molecule has 0 atom stereocenters. The summed E-state index contributed by atoms with van der Waals surface area (Å²) in [5, 5.41) is 1.20. The molecule has 1 amide bonds. The van der Waals surface area contributed by atoms with Crippen LogP contribution in [-0.4, -0.2) is 45.1 Å². The van der Waals surface area contributed by atoms with E-state index in [1.54, 1.807) is 18.3 Å². The van der Waals surface area contributed by atoms with Crippen molar-refractivity contribution in [2.75, 3.05) is 13.6 Å². The van der Waals surface area contributed by atoms with Crippen molar-refractivity contribution in [3.05, 3.63) is 23.8 Å². The number of aromatic nitrogens is 3. The normalized spacial score (nSPS) is 11.1. The molecule has 0 bridgehead atoms. The molecule has 6 nitrogen and oxygen atoms in total. The third-order valence-corrected chi connectivity index (χ3v) is 4.06. The van der Waals surface area contributed by atoms with E-state index in [4.69, 9.17) is 4.74 Å². The Morgan fingerprint density at radius 2 is 1.89 bits per heavy atom. The van der Waals surface area contributed by atoms with Crippen LogP contribution in [0.1, 0.15) is 71.6 Å². The lowest BCUT2D eigenvalue weighted by Crippen LogP contribution is -2.34. The molecule has 2 aromatic rings. The summed E-state index contributed by atoms with van der Waals surface area (Å²) >= 11 is 0. The minimum Gasteiger partial charge on any atom is -0.444 e. The van der Waals surface area contributed by atoms with Gasteiger partial charge < -0.3 is 14.6 Å². The van der Waals surface area contributed by atoms with Crippen molar-refractivity contribution >= 4 is 17.1 Å². The van der Waals surface area contributed by atoms with Gasteiger partial charge in [0.1, 0.15) is 17.6 Å². The highest BCUT2D eigenvalue weighted by molar-refractivity contribution is 5.81. The Morgan fingerprint density at radius 3 is 2.48 bits per heavy atom. The molecular weight excluding hydrogens is 340 g/mol. The van der Waals surface area contributed by atoms with Gasteiger partial charge in [0.2, 0.25) is 0 Å². The van der Waals surface area contributed by atoms with Crippen LogP contribution in [0.15, 0.2) is 12.5 Å². The maximum atomic E-state index is 11.5. The fourth-order valence-corrected chi connectivity index (χ4v) is 2.69. The molecule has 2 rings (SSSR count). The average Bonchev–Trinajstić information content (AvgIpc) is 2.99. The van der Waals surface area contributed by atoms with Crippen molar-refractivity contribution in [3.63, 3.8) is 0 Å². The van der Waals surface area contributed by atoms with E-state index >= 15 is 0 Å². The van der Waals surface area contributed by atoms with E-state index in [0.717, 1.165) is 43.6 Å². The van der Waals surface area contributed by atoms with Gasteiger partial charge in [-0.3, -0.25) is 0 Å². The van der Waals surface area contributed by atoms with Crippen molar-refractivity contribution in [1.82, 2.24) is 19.9 Å². The van der Waals surface area contributed by atoms with E-state index in [2.05, 4.69) is 28.8 Å². The molecule has 0 fully saturated rings. The van der Waals surface area contributed by atoms with Gasteiger partial charge in [-0.25, -0.2) is 14.8 Å². The van der Waals surface area contributed by atoms with Crippen LogP contribution in [-0.2, 0) is 11.2 Å². The Balaban J connectivity index is 0.000000270. The highest BCUT2D eigenvalue weighted by Crippen LogP contribution is 2.19. The van der Waals surface area contributed by atoms with Gasteiger partial charge in [-0.2, -0.15) is 0 Å². The molecule has 6 heteroatoms. The molecule has 2 aromatic heterocycles. The number of nitrogens with one attached hydrogen (secondary N) is 1. The summed E-state index contributed by atoms with van der Waals surface area (Å²) in [6.07, 6.45) is 9.03. The molecule has 0 saturated carbocycles. The van der Waals surface area contributed by atoms with Gasteiger partial charge in [0.05, 0.1) is 5.69 Å². The number of unbranched alkanes of at least 4 members (excludes halogenated alkanes) is 2. The van der Waals surface area contributed by atoms with Crippen LogP contribution in [0.3, 0.4) is 0 Å². The summed E-state index contributed by atoms with van der Waals surface area (Å²) in [4.78, 5) is 24.6. The smallest absolute Gasteiger partial charge is 0.410 e. The zero-order valence-electron chi connectivity index (χ0n) is 18.1. The van der Waals surface area contributed by atoms with Gasteiger partial charge in [0.25, 0.3) is 0 Å². The van der Waals surface area contributed by atoms with Crippen LogP contribution in [0.5, 0.6) is 0 Å². The Hall–Kier alpha value is -2.11. The first-order valence-electron chi connectivity index (χ1n) is 9.91. The van der Waals surface area contributed by atoms with Crippen molar-refractivity contribution in [2.45, 2.75) is 79.2 Å². The average molecular weight is 377 g/mol. The summed E-state index contributed by atoms with van der Waals surface area (Å²) < 4.78 is 5.22. The minimum absolute atomic E-state index is 0.228. The third-order valence-electron chi connectivity index (χ3n) is 4.06. The number of carbonyl (C=O) groups is 1. The predicted octanol–water partition coefficient (Wildman–Crippen LogP) is 5.26. The Kier molecular flexibility index (Phi) is 9.26. The lowest BCUT2D eigenvalue weighted by atomic mass is 10.1. The molecule has 0 saturated heterocycles. The van der Waals surface area contributed by atoms with Crippen molar-refractivity contribution in [1.29, 1.82) is 0 Å². The molecule has 2 heterocycles. The maximum absolute atomic E-state index is 11.5. The monoisotopic (exact) mass is 376 g/mol. The molecule has 0 spiro atoms. The van der Waals surface area contributed by atoms with Crippen molar-refractivity contribution in [3.8, 4) is 0 Å². The molecule has 0 aliphatic heterocycles. The fourth-order valence-electron chi connectivity index (χ4n) is 2.69. The lowest BCUT2D eigenvalue weighted by molar-refractivity contribution is 0.0296. The summed E-state index contributed by atoms with van der Waals surface area (Å²) in [6.45, 7) is 12.8. The van der Waals surface area contributed by atoms with Gasteiger partial charge in [0.15, 0.2) is 0 Å². The van der Waals surface area contributed by atoms with Crippen molar-refractivity contribution in [2.24, 2.45) is 0 Å². The largest absolute Gasteiger partial charge is 0.444 e. The van der Waals surface area contributed by atoms with Crippen LogP contribution >= 0.6 is 0 Å². The van der Waals surface area contributed by atoms with E-state index in [1.165, 1.54) is 17.4 Å². The zero-order chi connectivity index (χ0) is 20.4. The number of H-pyrrole nitrogens is 1. The number of hydrogen-bond acceptors (Lipinski definition) is 4. The zero-order valence-corrected chi connectivity index (χ0v) is 18.1. The van der Waals surface area contributed by atoms with E-state index in [1.807, 2.05) is 33.9 Å². The number of aromatic amines is 1. The van der Waals surface area contributed by atoms with Crippen LogP contribution in [0.2, 0.25) is 0 Å². The molecule has 152 valence electrons. The SMILES string of the molecule is CCCCCN(C)C(=O)OC(C)(C)C.CCCc1c[nH]c2ncnc(C)c12. The summed E-state index contributed by atoms with van der Waals surface area (Å²) in [6, 6.07) is 0. The Bertz CT molecular complexity index is 704. The molecule has 0 aromatic carbocycles. The Morgan fingerprint density at radius 1 is 1.19 bits per heavy atom. The summed E-state index contributed by atoms with van der Waals surface area (Å²) in [5.74, 6) is 0. The van der Waals surface area contributed by atoms with E-state index in [-0.39, 0.29) is 6.09 Å². The number of aryl methyl sites for hydroxylation is 2. The van der Waals surface area contributed by atoms with Gasteiger partial charge >= 0.3 is 6.09 Å². The lowest BCUT2D eigenvalue weighted by Gasteiger charge is -2.24. The molecule has 0 radical (unpaired) electrons. The van der Waals surface area contributed by atoms with E-state index in [9.17, 15) is 4.79 Å². The first-order valence-corrected chi connectivity index (χ1v) is 9.91. The molecule has 0 unspecified atom stereocenters. The second kappa shape index (κ2) is 10.9. The van der Waals surface area contributed by atoms with Gasteiger partial charge in [-0.15, -0.1) is 0 Å². The number of rotatable bonds is 6. The Labute approximate surface area is 163 Å². The number of amides is 1. The number of ether oxygens (including phenoxy) is 1. The minimum atomic E-state index is -0.393. The van der Waals surface area contributed by atoms with E-state index < -0.39 is 5.60 Å². The van der Waals surface area contributed by atoms with Crippen LogP contribution in [0, 0.1) is 6.92 Å². The first-order chi connectivity index (χ1) is 12.7. The highest BCUT2D eigenvalue weighted by Gasteiger charge is 2.18.